The van der Waals surface area contributed by atoms with Crippen molar-refractivity contribution in [2.75, 3.05) is 13.1 Å². The number of rotatable bonds is 5. The molecule has 2 aliphatic rings. The van der Waals surface area contributed by atoms with Crippen LogP contribution in [0.3, 0.4) is 0 Å². The van der Waals surface area contributed by atoms with Gasteiger partial charge in [-0.3, -0.25) is 9.69 Å². The summed E-state index contributed by atoms with van der Waals surface area (Å²) < 4.78 is 7.50. The number of nitrogens with one attached hydrogen (secondary N) is 1. The van der Waals surface area contributed by atoms with Crippen molar-refractivity contribution in [2.45, 2.75) is 26.1 Å². The third-order valence-electron chi connectivity index (χ3n) is 5.80. The van der Waals surface area contributed by atoms with E-state index in [4.69, 9.17) is 4.42 Å². The second-order valence-corrected chi connectivity index (χ2v) is 7.72. The Labute approximate surface area is 163 Å². The van der Waals surface area contributed by atoms with E-state index in [0.717, 1.165) is 49.7 Å². The number of hydrogen-bond acceptors (Lipinski definition) is 5. The monoisotopic (exact) mass is 377 g/mol. The zero-order chi connectivity index (χ0) is 18.9. The standard InChI is InChI=1S/C21H23N5O2/c27-21(22-10-15-5-2-1-3-6-15)20-24-23-19-9-16-11-25(12-17(16)13-26(19)20)14-18-7-4-8-28-18/h1-8,16-17H,9-14H2,(H,22,27). The van der Waals surface area contributed by atoms with Crippen LogP contribution in [0.4, 0.5) is 0 Å². The van der Waals surface area contributed by atoms with Gasteiger partial charge >= 0.3 is 0 Å². The summed E-state index contributed by atoms with van der Waals surface area (Å²) in [4.78, 5) is 15.1. The average Bonchev–Trinajstić information content (AvgIpc) is 3.44. The first-order valence-electron chi connectivity index (χ1n) is 9.75. The lowest BCUT2D eigenvalue weighted by Crippen LogP contribution is -2.32. The zero-order valence-electron chi connectivity index (χ0n) is 15.6. The van der Waals surface area contributed by atoms with Crippen molar-refractivity contribution < 1.29 is 9.21 Å². The summed E-state index contributed by atoms with van der Waals surface area (Å²) in [6.45, 7) is 4.17. The summed E-state index contributed by atoms with van der Waals surface area (Å²) in [7, 11) is 0. The number of fused-ring (bicyclic) bond motifs is 2. The lowest BCUT2D eigenvalue weighted by Gasteiger charge is -2.25. The van der Waals surface area contributed by atoms with Gasteiger partial charge in [0.15, 0.2) is 0 Å². The number of benzene rings is 1. The quantitative estimate of drug-likeness (QED) is 0.737. The Hall–Kier alpha value is -2.93. The van der Waals surface area contributed by atoms with Gasteiger partial charge in [-0.15, -0.1) is 10.2 Å². The molecule has 5 rings (SSSR count). The SMILES string of the molecule is O=C(NCc1ccccc1)c1nnc2n1CC1CN(Cc3ccco3)CC1C2. The van der Waals surface area contributed by atoms with Gasteiger partial charge in [-0.05, 0) is 29.5 Å². The second-order valence-electron chi connectivity index (χ2n) is 7.72. The Balaban J connectivity index is 1.25. The molecule has 2 atom stereocenters. The highest BCUT2D eigenvalue weighted by Gasteiger charge is 2.39. The molecule has 1 N–H and O–H groups in total. The van der Waals surface area contributed by atoms with Gasteiger partial charge in [-0.2, -0.15) is 0 Å². The van der Waals surface area contributed by atoms with E-state index in [-0.39, 0.29) is 5.91 Å². The molecule has 0 aliphatic carbocycles. The second kappa shape index (κ2) is 7.24. The van der Waals surface area contributed by atoms with E-state index in [1.807, 2.05) is 47.0 Å². The van der Waals surface area contributed by atoms with Crippen LogP contribution >= 0.6 is 0 Å². The van der Waals surface area contributed by atoms with Gasteiger partial charge in [-0.1, -0.05) is 30.3 Å². The van der Waals surface area contributed by atoms with E-state index >= 15 is 0 Å². The van der Waals surface area contributed by atoms with Crippen molar-refractivity contribution in [2.24, 2.45) is 11.8 Å². The first kappa shape index (κ1) is 17.2. The van der Waals surface area contributed by atoms with Crippen LogP contribution in [0.15, 0.2) is 53.1 Å². The van der Waals surface area contributed by atoms with Crippen molar-refractivity contribution in [1.82, 2.24) is 25.0 Å². The van der Waals surface area contributed by atoms with Crippen LogP contribution in [0.5, 0.6) is 0 Å². The smallest absolute Gasteiger partial charge is 0.289 e. The number of likely N-dealkylation sites (tertiary alicyclic amines) is 1. The molecule has 0 saturated carbocycles. The fourth-order valence-electron chi connectivity index (χ4n) is 4.40. The summed E-state index contributed by atoms with van der Waals surface area (Å²) in [6, 6.07) is 13.8. The van der Waals surface area contributed by atoms with Gasteiger partial charge in [0.05, 0.1) is 12.8 Å². The minimum Gasteiger partial charge on any atom is -0.468 e. The van der Waals surface area contributed by atoms with Crippen LogP contribution in [0.2, 0.25) is 0 Å². The maximum Gasteiger partial charge on any atom is 0.289 e. The van der Waals surface area contributed by atoms with Gasteiger partial charge in [0.25, 0.3) is 5.91 Å². The number of aromatic nitrogens is 3. The number of amides is 1. The molecule has 2 unspecified atom stereocenters. The molecule has 2 aliphatic heterocycles. The van der Waals surface area contributed by atoms with Gasteiger partial charge in [-0.25, -0.2) is 0 Å². The fraction of sp³-hybridized carbons (Fsp3) is 0.381. The lowest BCUT2D eigenvalue weighted by molar-refractivity contribution is 0.0932. The molecule has 1 aromatic carbocycles. The third-order valence-corrected chi connectivity index (χ3v) is 5.80. The van der Waals surface area contributed by atoms with E-state index in [1.165, 1.54) is 0 Å². The van der Waals surface area contributed by atoms with Gasteiger partial charge in [0.2, 0.25) is 5.82 Å². The predicted octanol–water partition coefficient (Wildman–Crippen LogP) is 2.11. The molecule has 7 heteroatoms. The Morgan fingerprint density at radius 2 is 1.93 bits per heavy atom. The summed E-state index contributed by atoms with van der Waals surface area (Å²) >= 11 is 0. The number of carbonyl (C=O) groups excluding carboxylic acids is 1. The number of nitrogens with zero attached hydrogens (tertiary/aromatic N) is 4. The highest BCUT2D eigenvalue weighted by Crippen LogP contribution is 2.33. The molecule has 2 aromatic heterocycles. The molecule has 0 radical (unpaired) electrons. The van der Waals surface area contributed by atoms with Crippen LogP contribution in [0.25, 0.3) is 0 Å². The van der Waals surface area contributed by atoms with E-state index in [0.29, 0.717) is 24.2 Å². The normalized spacial score (nSPS) is 21.3. The highest BCUT2D eigenvalue weighted by atomic mass is 16.3. The minimum atomic E-state index is -0.161. The van der Waals surface area contributed by atoms with E-state index in [1.54, 1.807) is 6.26 Å². The van der Waals surface area contributed by atoms with Gasteiger partial charge in [0.1, 0.15) is 11.6 Å². The Bertz CT molecular complexity index is 951. The first-order chi connectivity index (χ1) is 13.8. The molecule has 1 saturated heterocycles. The summed E-state index contributed by atoms with van der Waals surface area (Å²) in [5.41, 5.74) is 1.07. The maximum atomic E-state index is 12.7. The number of hydrogen-bond donors (Lipinski definition) is 1. The van der Waals surface area contributed by atoms with Crippen molar-refractivity contribution in [1.29, 1.82) is 0 Å². The minimum absolute atomic E-state index is 0.161. The average molecular weight is 377 g/mol. The molecule has 1 amide bonds. The molecule has 1 fully saturated rings. The van der Waals surface area contributed by atoms with Crippen molar-refractivity contribution in [3.63, 3.8) is 0 Å². The molecular weight excluding hydrogens is 354 g/mol. The molecule has 144 valence electrons. The molecule has 0 spiro atoms. The van der Waals surface area contributed by atoms with Crippen molar-refractivity contribution >= 4 is 5.91 Å². The van der Waals surface area contributed by atoms with Crippen molar-refractivity contribution in [3.05, 3.63) is 71.7 Å². The summed E-state index contributed by atoms with van der Waals surface area (Å²) in [6.07, 6.45) is 2.60. The topological polar surface area (TPSA) is 76.2 Å². The summed E-state index contributed by atoms with van der Waals surface area (Å²) in [5, 5.41) is 11.5. The Morgan fingerprint density at radius 3 is 2.75 bits per heavy atom. The molecule has 28 heavy (non-hydrogen) atoms. The van der Waals surface area contributed by atoms with Gasteiger partial charge < -0.3 is 14.3 Å². The predicted molar refractivity (Wildman–Crippen MR) is 102 cm³/mol. The number of carbonyl (C=O) groups is 1. The first-order valence-corrected chi connectivity index (χ1v) is 9.75. The van der Waals surface area contributed by atoms with Crippen LogP contribution in [0.1, 0.15) is 27.8 Å². The molecule has 3 aromatic rings. The molecule has 4 heterocycles. The molecule has 0 bridgehead atoms. The van der Waals surface area contributed by atoms with E-state index in [9.17, 15) is 4.79 Å². The van der Waals surface area contributed by atoms with Crippen LogP contribution in [-0.4, -0.2) is 38.7 Å². The fourth-order valence-corrected chi connectivity index (χ4v) is 4.40. The third kappa shape index (κ3) is 3.33. The Kier molecular flexibility index (Phi) is 4.44. The van der Waals surface area contributed by atoms with E-state index in [2.05, 4.69) is 20.4 Å². The van der Waals surface area contributed by atoms with Gasteiger partial charge in [0, 0.05) is 32.6 Å². The van der Waals surface area contributed by atoms with E-state index < -0.39 is 0 Å². The van der Waals surface area contributed by atoms with Crippen LogP contribution in [-0.2, 0) is 26.1 Å². The lowest BCUT2D eigenvalue weighted by atomic mass is 9.89. The van der Waals surface area contributed by atoms with Crippen molar-refractivity contribution in [3.8, 4) is 0 Å². The van der Waals surface area contributed by atoms with Crippen LogP contribution in [0, 0.1) is 11.8 Å². The highest BCUT2D eigenvalue weighted by molar-refractivity contribution is 5.90. The maximum absolute atomic E-state index is 12.7. The summed E-state index contributed by atoms with van der Waals surface area (Å²) in [5.74, 6) is 3.26. The molecular formula is C21H23N5O2. The largest absolute Gasteiger partial charge is 0.468 e. The molecule has 7 nitrogen and oxygen atoms in total. The number of furan rings is 1. The zero-order valence-corrected chi connectivity index (χ0v) is 15.6. The Morgan fingerprint density at radius 1 is 1.07 bits per heavy atom. The van der Waals surface area contributed by atoms with Crippen LogP contribution < -0.4 is 5.32 Å².